The lowest BCUT2D eigenvalue weighted by atomic mass is 9.58. The Morgan fingerprint density at radius 3 is 2.39 bits per heavy atom. The summed E-state index contributed by atoms with van der Waals surface area (Å²) in [5.74, 6) is -0.868. The molecule has 0 radical (unpaired) electrons. The fraction of sp³-hybridized carbons (Fsp3) is 0.333. The number of carbonyl (C=O) groups excluding carboxylic acids is 2. The quantitative estimate of drug-likeness (QED) is 0.160. The molecule has 2 N–H and O–H groups in total. The first-order valence-corrected chi connectivity index (χ1v) is 15.6. The van der Waals surface area contributed by atoms with Crippen molar-refractivity contribution in [1.29, 1.82) is 0 Å². The molecule has 1 aliphatic carbocycles. The van der Waals surface area contributed by atoms with Gasteiger partial charge in [0.05, 0.1) is 23.6 Å². The van der Waals surface area contributed by atoms with Crippen molar-refractivity contribution < 1.29 is 29.1 Å². The number of fused-ring (bicyclic) bond motifs is 3. The highest BCUT2D eigenvalue weighted by atomic mass is 16.5. The van der Waals surface area contributed by atoms with Crippen LogP contribution >= 0.6 is 0 Å². The third kappa shape index (κ3) is 6.10. The predicted octanol–water partition coefficient (Wildman–Crippen LogP) is 6.44. The van der Waals surface area contributed by atoms with E-state index in [1.165, 1.54) is 10.5 Å². The highest BCUT2D eigenvalue weighted by molar-refractivity contribution is 6.43. The van der Waals surface area contributed by atoms with Crippen molar-refractivity contribution in [3.8, 4) is 11.5 Å². The molecule has 8 heteroatoms. The lowest BCUT2D eigenvalue weighted by Crippen LogP contribution is -2.46. The normalized spacial score (nSPS) is 23.5. The first-order valence-electron chi connectivity index (χ1n) is 15.6. The van der Waals surface area contributed by atoms with Gasteiger partial charge < -0.3 is 19.5 Å². The minimum absolute atomic E-state index is 0.198. The summed E-state index contributed by atoms with van der Waals surface area (Å²) in [6, 6.07) is 25.9. The zero-order valence-electron chi connectivity index (χ0n) is 25.0. The minimum atomic E-state index is -1.05. The van der Waals surface area contributed by atoms with Crippen molar-refractivity contribution in [3.05, 3.63) is 107 Å². The predicted molar refractivity (Wildman–Crippen MR) is 171 cm³/mol. The van der Waals surface area contributed by atoms with Crippen LogP contribution in [0.5, 0.6) is 11.5 Å². The molecule has 44 heavy (non-hydrogen) atoms. The van der Waals surface area contributed by atoms with Crippen LogP contribution in [0.15, 0.2) is 102 Å². The summed E-state index contributed by atoms with van der Waals surface area (Å²) in [5, 5.41) is 21.3. The van der Waals surface area contributed by atoms with Gasteiger partial charge in [0, 0.05) is 5.56 Å². The maximum atomic E-state index is 14.0. The average molecular weight is 592 g/mol. The van der Waals surface area contributed by atoms with Crippen LogP contribution in [0.2, 0.25) is 6.32 Å². The number of nitrogens with zero attached hydrogens (tertiary/aromatic N) is 1. The average Bonchev–Trinajstić information content (AvgIpc) is 3.29. The van der Waals surface area contributed by atoms with E-state index in [-0.39, 0.29) is 36.4 Å². The summed E-state index contributed by atoms with van der Waals surface area (Å²) in [4.78, 5) is 29.1. The molecule has 0 spiro atoms. The molecule has 3 aromatic carbocycles. The first-order chi connectivity index (χ1) is 21.4. The Hall–Kier alpha value is -4.14. The van der Waals surface area contributed by atoms with Crippen LogP contribution in [0.1, 0.15) is 44.6 Å². The Morgan fingerprint density at radius 2 is 1.66 bits per heavy atom. The number of allylic oxidation sites excluding steroid dienone is 1. The maximum Gasteiger partial charge on any atom is 0.455 e. The van der Waals surface area contributed by atoms with Crippen LogP contribution in [-0.2, 0) is 14.2 Å². The van der Waals surface area contributed by atoms with Crippen molar-refractivity contribution in [3.63, 3.8) is 0 Å². The van der Waals surface area contributed by atoms with E-state index in [1.807, 2.05) is 66.7 Å². The largest absolute Gasteiger partial charge is 0.507 e. The van der Waals surface area contributed by atoms with E-state index in [2.05, 4.69) is 6.92 Å². The number of benzene rings is 3. The third-order valence-corrected chi connectivity index (χ3v) is 9.07. The SMILES string of the molecule is CCC/C(=C\c1ccccc1O)CC[C@H]1OB(O)C[C@H]2C1=C(COc1ccccc1)C[C@H]1C(=O)N(c3ccccc3)C(=O)[C@H]12. The third-order valence-electron chi connectivity index (χ3n) is 9.07. The zero-order chi connectivity index (χ0) is 30.6. The Balaban J connectivity index is 1.33. The summed E-state index contributed by atoms with van der Waals surface area (Å²) in [6.45, 7) is 2.40. The molecule has 0 bridgehead atoms. The molecule has 4 atom stereocenters. The molecule has 226 valence electrons. The number of aromatic hydroxyl groups is 1. The van der Waals surface area contributed by atoms with Gasteiger partial charge in [0.2, 0.25) is 11.8 Å². The topological polar surface area (TPSA) is 96.3 Å². The Bertz CT molecular complexity index is 1560. The number of hydrogen-bond donors (Lipinski definition) is 2. The van der Waals surface area contributed by atoms with Crippen molar-refractivity contribution in [2.75, 3.05) is 11.5 Å². The number of imide groups is 1. The zero-order valence-corrected chi connectivity index (χ0v) is 25.0. The highest BCUT2D eigenvalue weighted by Gasteiger charge is 2.57. The lowest BCUT2D eigenvalue weighted by molar-refractivity contribution is -0.122. The fourth-order valence-electron chi connectivity index (χ4n) is 7.15. The van der Waals surface area contributed by atoms with Crippen molar-refractivity contribution in [1.82, 2.24) is 0 Å². The molecule has 0 unspecified atom stereocenters. The standard InChI is InChI=1S/C36H38BNO6/c1-2-11-24(20-25-12-9-10-17-31(25)39)18-19-32-33-26(23-43-28-15-7-4-8-16-28)21-29-34(30(33)22-37(42)44-32)36(41)38(35(29)40)27-13-5-3-6-14-27/h3-10,12-17,20,29-30,32,34,39,42H,2,11,18-19,21-23H2,1H3/b24-20+/t29-,30+,32-,34-/m1/s1. The van der Waals surface area contributed by atoms with Gasteiger partial charge >= 0.3 is 7.12 Å². The first kappa shape index (κ1) is 29.9. The number of phenols is 1. The number of amides is 2. The molecular weight excluding hydrogens is 553 g/mol. The van der Waals surface area contributed by atoms with Crippen molar-refractivity contribution in [2.45, 2.75) is 51.5 Å². The Kier molecular flexibility index (Phi) is 9.00. The summed E-state index contributed by atoms with van der Waals surface area (Å²) in [6.07, 6.45) is 5.36. The number of ether oxygens (including phenoxy) is 1. The molecule has 2 heterocycles. The van der Waals surface area contributed by atoms with Gasteiger partial charge in [-0.15, -0.1) is 0 Å². The molecule has 0 aromatic heterocycles. The molecule has 2 aliphatic heterocycles. The van der Waals surface area contributed by atoms with E-state index in [0.717, 1.165) is 35.3 Å². The van der Waals surface area contributed by atoms with Crippen LogP contribution in [0.3, 0.4) is 0 Å². The number of phenolic OH excluding ortho intramolecular Hbond substituents is 1. The lowest BCUT2D eigenvalue weighted by Gasteiger charge is -2.43. The van der Waals surface area contributed by atoms with E-state index < -0.39 is 25.1 Å². The van der Waals surface area contributed by atoms with Crippen LogP contribution in [-0.4, -0.2) is 41.8 Å². The van der Waals surface area contributed by atoms with E-state index in [0.29, 0.717) is 24.9 Å². The molecule has 0 saturated carbocycles. The minimum Gasteiger partial charge on any atom is -0.507 e. The fourth-order valence-corrected chi connectivity index (χ4v) is 7.15. The van der Waals surface area contributed by atoms with Gasteiger partial charge in [-0.05, 0) is 79.4 Å². The van der Waals surface area contributed by atoms with Gasteiger partial charge in [0.1, 0.15) is 18.1 Å². The van der Waals surface area contributed by atoms with Crippen molar-refractivity contribution in [2.24, 2.45) is 17.8 Å². The molecule has 3 aromatic rings. The number of rotatable bonds is 10. The second-order valence-corrected chi connectivity index (χ2v) is 11.9. The molecule has 6 rings (SSSR count). The second-order valence-electron chi connectivity index (χ2n) is 11.9. The Labute approximate surface area is 259 Å². The van der Waals surface area contributed by atoms with Crippen molar-refractivity contribution >= 4 is 30.7 Å². The monoisotopic (exact) mass is 591 g/mol. The van der Waals surface area contributed by atoms with E-state index in [9.17, 15) is 19.7 Å². The van der Waals surface area contributed by atoms with E-state index in [1.54, 1.807) is 24.3 Å². The van der Waals surface area contributed by atoms with Gasteiger partial charge in [-0.2, -0.15) is 0 Å². The maximum absolute atomic E-state index is 14.0. The van der Waals surface area contributed by atoms with E-state index in [4.69, 9.17) is 9.39 Å². The number of anilines is 1. The molecule has 3 aliphatic rings. The summed E-state index contributed by atoms with van der Waals surface area (Å²) >= 11 is 0. The Morgan fingerprint density at radius 1 is 0.955 bits per heavy atom. The van der Waals surface area contributed by atoms with Gasteiger partial charge in [-0.1, -0.05) is 79.6 Å². The number of para-hydroxylation sites is 3. The van der Waals surface area contributed by atoms with Crippen LogP contribution in [0.4, 0.5) is 5.69 Å². The van der Waals surface area contributed by atoms with Gasteiger partial charge in [0.15, 0.2) is 0 Å². The van der Waals surface area contributed by atoms with Crippen LogP contribution in [0.25, 0.3) is 6.08 Å². The van der Waals surface area contributed by atoms with Crippen LogP contribution in [0, 0.1) is 17.8 Å². The van der Waals surface area contributed by atoms with Crippen LogP contribution < -0.4 is 9.64 Å². The number of carbonyl (C=O) groups is 2. The molecule has 2 fully saturated rings. The molecular formula is C36H38BNO6. The highest BCUT2D eigenvalue weighted by Crippen LogP contribution is 2.51. The summed E-state index contributed by atoms with van der Waals surface area (Å²) in [7, 11) is -1.05. The smallest absolute Gasteiger partial charge is 0.455 e. The van der Waals surface area contributed by atoms with E-state index >= 15 is 0 Å². The number of hydrogen-bond acceptors (Lipinski definition) is 6. The van der Waals surface area contributed by atoms with Gasteiger partial charge in [-0.3, -0.25) is 14.5 Å². The molecule has 2 saturated heterocycles. The molecule has 7 nitrogen and oxygen atoms in total. The van der Waals surface area contributed by atoms with Gasteiger partial charge in [0.25, 0.3) is 0 Å². The summed E-state index contributed by atoms with van der Waals surface area (Å²) < 4.78 is 12.4. The second kappa shape index (κ2) is 13.2. The summed E-state index contributed by atoms with van der Waals surface area (Å²) in [5.41, 5.74) is 4.47. The van der Waals surface area contributed by atoms with Gasteiger partial charge in [-0.25, -0.2) is 0 Å². The molecule has 2 amide bonds.